The zero-order valence-corrected chi connectivity index (χ0v) is 22.3. The molecule has 0 aliphatic carbocycles. The monoisotopic (exact) mass is 592 g/mol. The van der Waals surface area contributed by atoms with Gasteiger partial charge in [-0.05, 0) is 79.7 Å². The van der Waals surface area contributed by atoms with Crippen LogP contribution in [0.3, 0.4) is 0 Å². The van der Waals surface area contributed by atoms with Crippen LogP contribution in [0.4, 0.5) is 4.39 Å². The van der Waals surface area contributed by atoms with Crippen molar-refractivity contribution in [2.45, 2.75) is 26.2 Å². The van der Waals surface area contributed by atoms with E-state index in [0.29, 0.717) is 31.8 Å². The lowest BCUT2D eigenvalue weighted by molar-refractivity contribution is -0.139. The Morgan fingerprint density at radius 3 is 2.21 bits per heavy atom. The van der Waals surface area contributed by atoms with Crippen LogP contribution in [0.15, 0.2) is 57.5 Å². The van der Waals surface area contributed by atoms with Crippen molar-refractivity contribution in [2.24, 2.45) is 0 Å². The second-order valence-corrected chi connectivity index (χ2v) is 9.54. The Bertz CT molecular complexity index is 1220. The summed E-state index contributed by atoms with van der Waals surface area (Å²) in [6.45, 7) is 4.01. The van der Waals surface area contributed by atoms with E-state index in [0.717, 1.165) is 5.56 Å². The van der Waals surface area contributed by atoms with Gasteiger partial charge < -0.3 is 14.2 Å². The van der Waals surface area contributed by atoms with Crippen molar-refractivity contribution < 1.29 is 28.2 Å². The van der Waals surface area contributed by atoms with Crippen molar-refractivity contribution in [2.75, 3.05) is 14.2 Å². The van der Waals surface area contributed by atoms with E-state index in [1.165, 1.54) is 32.4 Å². The molecular weight excluding hydrogens is 571 g/mol. The Kier molecular flexibility index (Phi) is 8.49. The highest BCUT2D eigenvalue weighted by molar-refractivity contribution is 9.11. The normalized spacial score (nSPS) is 10.8. The van der Waals surface area contributed by atoms with Gasteiger partial charge >= 0.3 is 5.97 Å². The lowest BCUT2D eigenvalue weighted by Gasteiger charge is -2.19. The summed E-state index contributed by atoms with van der Waals surface area (Å²) in [5.41, 5.74) is 1.98. The highest BCUT2D eigenvalue weighted by atomic mass is 79.9. The molecule has 0 fully saturated rings. The molecule has 0 atom stereocenters. The van der Waals surface area contributed by atoms with Crippen molar-refractivity contribution >= 4 is 43.6 Å². The molecule has 8 heteroatoms. The fraction of sp³-hybridized carbons (Fsp3) is 0.231. The molecule has 0 heterocycles. The third-order valence-electron chi connectivity index (χ3n) is 5.13. The van der Waals surface area contributed by atoms with E-state index >= 15 is 0 Å². The van der Waals surface area contributed by atoms with E-state index < -0.39 is 11.6 Å². The first-order chi connectivity index (χ1) is 16.1. The predicted octanol–water partition coefficient (Wildman–Crippen LogP) is 7.22. The molecule has 0 unspecified atom stereocenters. The maximum atomic E-state index is 13.8. The molecule has 0 saturated heterocycles. The molecule has 0 saturated carbocycles. The summed E-state index contributed by atoms with van der Waals surface area (Å²) >= 11 is 6.99. The van der Waals surface area contributed by atoms with Gasteiger partial charge in [0, 0.05) is 11.1 Å². The molecule has 0 bridgehead atoms. The molecule has 0 radical (unpaired) electrons. The molecule has 3 rings (SSSR count). The Morgan fingerprint density at radius 2 is 1.65 bits per heavy atom. The van der Waals surface area contributed by atoms with Crippen molar-refractivity contribution in [3.8, 4) is 17.2 Å². The van der Waals surface area contributed by atoms with E-state index in [1.807, 2.05) is 13.8 Å². The second kappa shape index (κ2) is 11.1. The number of hydrogen-bond acceptors (Lipinski definition) is 5. The van der Waals surface area contributed by atoms with Crippen molar-refractivity contribution in [1.29, 1.82) is 0 Å². The summed E-state index contributed by atoms with van der Waals surface area (Å²) in [6.07, 6.45) is 0.0946. The van der Waals surface area contributed by atoms with Crippen LogP contribution in [-0.4, -0.2) is 26.0 Å². The zero-order chi connectivity index (χ0) is 25.0. The van der Waals surface area contributed by atoms with E-state index in [-0.39, 0.29) is 29.4 Å². The van der Waals surface area contributed by atoms with Crippen LogP contribution in [0, 0.1) is 5.82 Å². The van der Waals surface area contributed by atoms with E-state index in [4.69, 9.17) is 14.2 Å². The lowest BCUT2D eigenvalue weighted by atomic mass is 9.95. The van der Waals surface area contributed by atoms with Gasteiger partial charge in [-0.25, -0.2) is 4.39 Å². The lowest BCUT2D eigenvalue weighted by Crippen LogP contribution is -2.07. The minimum Gasteiger partial charge on any atom is -0.496 e. The minimum absolute atomic E-state index is 0.0879. The van der Waals surface area contributed by atoms with Gasteiger partial charge in [0.25, 0.3) is 0 Å². The van der Waals surface area contributed by atoms with Crippen molar-refractivity contribution in [3.63, 3.8) is 0 Å². The number of benzene rings is 3. The van der Waals surface area contributed by atoms with E-state index in [1.54, 1.807) is 30.3 Å². The molecular formula is C26H23Br2FO5. The summed E-state index contributed by atoms with van der Waals surface area (Å²) in [5, 5.41) is 0. The van der Waals surface area contributed by atoms with E-state index in [9.17, 15) is 14.0 Å². The van der Waals surface area contributed by atoms with Crippen molar-refractivity contribution in [1.82, 2.24) is 0 Å². The molecule has 5 nitrogen and oxygen atoms in total. The molecule has 178 valence electrons. The number of rotatable bonds is 8. The van der Waals surface area contributed by atoms with Gasteiger partial charge in [0.1, 0.15) is 17.3 Å². The van der Waals surface area contributed by atoms with Gasteiger partial charge in [0.15, 0.2) is 11.5 Å². The summed E-state index contributed by atoms with van der Waals surface area (Å²) in [7, 11) is 2.86. The van der Waals surface area contributed by atoms with Gasteiger partial charge in [-0.2, -0.15) is 0 Å². The molecule has 0 N–H and O–H groups in total. The maximum absolute atomic E-state index is 13.8. The maximum Gasteiger partial charge on any atom is 0.309 e. The number of esters is 1. The van der Waals surface area contributed by atoms with Crippen molar-refractivity contribution in [3.05, 3.63) is 85.5 Å². The SMILES string of the molecule is COC(=O)Cc1cc(Br)c(Oc2cc(C(C)C)c(OC)cc2C(=O)c2cccc(F)c2)c(Br)c1. The van der Waals surface area contributed by atoms with Crippen LogP contribution in [0.1, 0.15) is 46.8 Å². The third-order valence-corrected chi connectivity index (χ3v) is 6.31. The highest BCUT2D eigenvalue weighted by Gasteiger charge is 2.23. The van der Waals surface area contributed by atoms with Crippen LogP contribution >= 0.6 is 31.9 Å². The van der Waals surface area contributed by atoms with Crippen LogP contribution in [0.5, 0.6) is 17.2 Å². The van der Waals surface area contributed by atoms with Gasteiger partial charge in [-0.1, -0.05) is 26.0 Å². The number of halogens is 3. The van der Waals surface area contributed by atoms with Crippen LogP contribution in [0.2, 0.25) is 0 Å². The smallest absolute Gasteiger partial charge is 0.309 e. The number of ketones is 1. The molecule has 0 amide bonds. The highest BCUT2D eigenvalue weighted by Crippen LogP contribution is 2.42. The number of carbonyl (C=O) groups excluding carboxylic acids is 2. The predicted molar refractivity (Wildman–Crippen MR) is 135 cm³/mol. The minimum atomic E-state index is -0.509. The van der Waals surface area contributed by atoms with Crippen LogP contribution in [0.25, 0.3) is 0 Å². The molecule has 34 heavy (non-hydrogen) atoms. The molecule has 0 aliphatic rings. The fourth-order valence-corrected chi connectivity index (χ4v) is 4.85. The fourth-order valence-electron chi connectivity index (χ4n) is 3.41. The topological polar surface area (TPSA) is 61.8 Å². The average molecular weight is 594 g/mol. The number of hydrogen-bond donors (Lipinski definition) is 0. The quantitative estimate of drug-likeness (QED) is 0.204. The molecule has 3 aromatic rings. The molecule has 0 aliphatic heterocycles. The zero-order valence-electron chi connectivity index (χ0n) is 19.1. The summed E-state index contributed by atoms with van der Waals surface area (Å²) in [5.74, 6) is 0.0526. The number of methoxy groups -OCH3 is 2. The average Bonchev–Trinajstić information content (AvgIpc) is 2.80. The summed E-state index contributed by atoms with van der Waals surface area (Å²) in [4.78, 5) is 25.0. The first kappa shape index (κ1) is 25.9. The number of carbonyl (C=O) groups is 2. The second-order valence-electron chi connectivity index (χ2n) is 7.83. The van der Waals surface area contributed by atoms with Gasteiger partial charge in [-0.15, -0.1) is 0 Å². The Labute approximate surface area is 214 Å². The van der Waals surface area contributed by atoms with Crippen LogP contribution in [-0.2, 0) is 16.0 Å². The van der Waals surface area contributed by atoms with Gasteiger partial charge in [-0.3, -0.25) is 9.59 Å². The third kappa shape index (κ3) is 5.85. The van der Waals surface area contributed by atoms with Gasteiger partial charge in [0.05, 0.1) is 35.1 Å². The largest absolute Gasteiger partial charge is 0.496 e. The summed E-state index contributed by atoms with van der Waals surface area (Å²) < 4.78 is 31.5. The molecule has 3 aromatic carbocycles. The van der Waals surface area contributed by atoms with E-state index in [2.05, 4.69) is 31.9 Å². The van der Waals surface area contributed by atoms with Crippen LogP contribution < -0.4 is 9.47 Å². The molecule has 0 spiro atoms. The first-order valence-electron chi connectivity index (χ1n) is 10.4. The van der Waals surface area contributed by atoms with Gasteiger partial charge in [0.2, 0.25) is 0 Å². The summed E-state index contributed by atoms with van der Waals surface area (Å²) in [6, 6.07) is 12.4. The first-order valence-corrected chi connectivity index (χ1v) is 12.0. The number of ether oxygens (including phenoxy) is 3. The Balaban J connectivity index is 2.12. The Morgan fingerprint density at radius 1 is 0.971 bits per heavy atom. The standard InChI is InChI=1S/C26H23Br2FO5/c1-14(2)18-12-23(34-26-20(27)8-15(9-21(26)28)10-24(30)33-4)19(13-22(18)32-3)25(31)16-6-5-7-17(29)11-16/h5-9,11-14H,10H2,1-4H3. The molecule has 0 aromatic heterocycles. The Hall–Kier alpha value is -2.71.